The molecule has 0 saturated heterocycles. The van der Waals surface area contributed by atoms with Crippen LogP contribution < -0.4 is 0 Å². The van der Waals surface area contributed by atoms with Crippen molar-refractivity contribution in [3.8, 4) is 0 Å². The molecule has 1 fully saturated rings. The van der Waals surface area contributed by atoms with Crippen molar-refractivity contribution in [1.82, 2.24) is 0 Å². The van der Waals surface area contributed by atoms with Gasteiger partial charge in [0.05, 0.1) is 0 Å². The fraction of sp³-hybridized carbons (Fsp3) is 0.636. The summed E-state index contributed by atoms with van der Waals surface area (Å²) in [7, 11) is 0. The fourth-order valence-electron chi connectivity index (χ4n) is 2.18. The molecule has 1 rings (SSSR count). The van der Waals surface area contributed by atoms with Gasteiger partial charge in [0.15, 0.2) is 0 Å². The average molecular weight is 150 g/mol. The molecule has 0 nitrogen and oxygen atoms in total. The van der Waals surface area contributed by atoms with Gasteiger partial charge in [0, 0.05) is 0 Å². The summed E-state index contributed by atoms with van der Waals surface area (Å²) in [4.78, 5) is 0. The average Bonchev–Trinajstić information content (AvgIpc) is 2.36. The lowest BCUT2D eigenvalue weighted by Crippen LogP contribution is -2.07. The highest BCUT2D eigenvalue weighted by molar-refractivity contribution is 5.02. The van der Waals surface area contributed by atoms with Gasteiger partial charge in [0.25, 0.3) is 0 Å². The molecule has 2 atom stereocenters. The highest BCUT2D eigenvalue weighted by atomic mass is 14.3. The van der Waals surface area contributed by atoms with Crippen LogP contribution in [0.15, 0.2) is 24.8 Å². The number of allylic oxidation sites excluding steroid dienone is 2. The second-order valence-corrected chi connectivity index (χ2v) is 3.67. The Balaban J connectivity index is 2.50. The smallest absolute Gasteiger partial charge is 0.0177 e. The summed E-state index contributed by atoms with van der Waals surface area (Å²) in [6.45, 7) is 9.98. The van der Waals surface area contributed by atoms with E-state index >= 15 is 0 Å². The van der Waals surface area contributed by atoms with E-state index in [4.69, 9.17) is 0 Å². The summed E-state index contributed by atoms with van der Waals surface area (Å²) in [5.41, 5.74) is 1.37. The van der Waals surface area contributed by atoms with Crippen molar-refractivity contribution in [3.05, 3.63) is 24.8 Å². The maximum absolute atomic E-state index is 4.04. The van der Waals surface area contributed by atoms with Crippen LogP contribution in [0.2, 0.25) is 0 Å². The lowest BCUT2D eigenvalue weighted by molar-refractivity contribution is 0.445. The van der Waals surface area contributed by atoms with E-state index in [0.717, 1.165) is 11.8 Å². The Hall–Kier alpha value is -0.520. The zero-order valence-corrected chi connectivity index (χ0v) is 7.47. The van der Waals surface area contributed by atoms with Gasteiger partial charge in [-0.15, -0.1) is 6.58 Å². The first-order chi connectivity index (χ1) is 5.25. The van der Waals surface area contributed by atoms with Gasteiger partial charge in [-0.05, 0) is 38.0 Å². The standard InChI is InChI=1S/C11H18/c1-4-6-10-7-5-8-11(10)9(2)3/h4,10-11H,1-2,5-8H2,3H3/t10-,11-/m0/s1. The second-order valence-electron chi connectivity index (χ2n) is 3.67. The van der Waals surface area contributed by atoms with Crippen molar-refractivity contribution in [1.29, 1.82) is 0 Å². The highest BCUT2D eigenvalue weighted by Crippen LogP contribution is 2.37. The van der Waals surface area contributed by atoms with Gasteiger partial charge in [-0.2, -0.15) is 0 Å². The first-order valence-electron chi connectivity index (χ1n) is 4.52. The van der Waals surface area contributed by atoms with E-state index in [2.05, 4.69) is 20.1 Å². The Bertz CT molecular complexity index is 155. The monoisotopic (exact) mass is 150 g/mol. The van der Waals surface area contributed by atoms with Crippen LogP contribution in [0.5, 0.6) is 0 Å². The van der Waals surface area contributed by atoms with E-state index in [1.807, 2.05) is 6.08 Å². The molecule has 1 saturated carbocycles. The molecule has 0 aromatic heterocycles. The van der Waals surface area contributed by atoms with E-state index in [0.29, 0.717) is 0 Å². The molecule has 0 radical (unpaired) electrons. The summed E-state index contributed by atoms with van der Waals surface area (Å²) >= 11 is 0. The summed E-state index contributed by atoms with van der Waals surface area (Å²) in [5.74, 6) is 1.64. The third kappa shape index (κ3) is 1.95. The van der Waals surface area contributed by atoms with Crippen molar-refractivity contribution in [2.45, 2.75) is 32.6 Å². The Morgan fingerprint density at radius 1 is 1.55 bits per heavy atom. The molecule has 1 aliphatic rings. The first-order valence-corrected chi connectivity index (χ1v) is 4.52. The van der Waals surface area contributed by atoms with Crippen molar-refractivity contribution < 1.29 is 0 Å². The van der Waals surface area contributed by atoms with E-state index in [9.17, 15) is 0 Å². The predicted molar refractivity (Wildman–Crippen MR) is 50.5 cm³/mol. The largest absolute Gasteiger partial charge is 0.103 e. The van der Waals surface area contributed by atoms with Gasteiger partial charge in [-0.3, -0.25) is 0 Å². The van der Waals surface area contributed by atoms with Gasteiger partial charge in [-0.1, -0.05) is 24.6 Å². The topological polar surface area (TPSA) is 0 Å². The van der Waals surface area contributed by atoms with Crippen molar-refractivity contribution >= 4 is 0 Å². The molecule has 0 aromatic carbocycles. The molecule has 0 heterocycles. The van der Waals surface area contributed by atoms with E-state index in [1.54, 1.807) is 0 Å². The molecule has 0 N–H and O–H groups in total. The van der Waals surface area contributed by atoms with Crippen molar-refractivity contribution in [2.75, 3.05) is 0 Å². The highest BCUT2D eigenvalue weighted by Gasteiger charge is 2.25. The molecule has 1 aliphatic carbocycles. The molecular weight excluding hydrogens is 132 g/mol. The molecule has 0 unspecified atom stereocenters. The molecule has 62 valence electrons. The number of hydrogen-bond donors (Lipinski definition) is 0. The molecule has 0 heteroatoms. The third-order valence-corrected chi connectivity index (χ3v) is 2.76. The normalized spacial score (nSPS) is 30.3. The summed E-state index contributed by atoms with van der Waals surface area (Å²) in [5, 5.41) is 0. The Morgan fingerprint density at radius 3 is 2.82 bits per heavy atom. The van der Waals surface area contributed by atoms with E-state index in [1.165, 1.54) is 31.3 Å². The predicted octanol–water partition coefficient (Wildman–Crippen LogP) is 3.55. The van der Waals surface area contributed by atoms with Gasteiger partial charge in [-0.25, -0.2) is 0 Å². The van der Waals surface area contributed by atoms with Crippen LogP contribution in [-0.2, 0) is 0 Å². The second kappa shape index (κ2) is 3.75. The van der Waals surface area contributed by atoms with Crippen LogP contribution in [0.25, 0.3) is 0 Å². The minimum Gasteiger partial charge on any atom is -0.103 e. The number of rotatable bonds is 3. The molecule has 0 bridgehead atoms. The minimum atomic E-state index is 0.785. The molecule has 11 heavy (non-hydrogen) atoms. The van der Waals surface area contributed by atoms with Gasteiger partial charge < -0.3 is 0 Å². The zero-order chi connectivity index (χ0) is 8.27. The molecule has 0 amide bonds. The van der Waals surface area contributed by atoms with Crippen LogP contribution >= 0.6 is 0 Å². The Labute approximate surface area is 70.0 Å². The summed E-state index contributed by atoms with van der Waals surface area (Å²) in [6.07, 6.45) is 7.34. The van der Waals surface area contributed by atoms with Crippen LogP contribution in [0, 0.1) is 11.8 Å². The lowest BCUT2D eigenvalue weighted by atomic mass is 9.88. The summed E-state index contributed by atoms with van der Waals surface area (Å²) < 4.78 is 0. The lowest BCUT2D eigenvalue weighted by Gasteiger charge is -2.17. The van der Waals surface area contributed by atoms with E-state index < -0.39 is 0 Å². The SMILES string of the molecule is C=CC[C@H]1CCC[C@H]1C(=C)C. The molecule has 0 aliphatic heterocycles. The molecular formula is C11H18. The van der Waals surface area contributed by atoms with Crippen LogP contribution in [-0.4, -0.2) is 0 Å². The quantitative estimate of drug-likeness (QED) is 0.540. The zero-order valence-electron chi connectivity index (χ0n) is 7.47. The van der Waals surface area contributed by atoms with Crippen molar-refractivity contribution in [3.63, 3.8) is 0 Å². The van der Waals surface area contributed by atoms with Gasteiger partial charge in [0.2, 0.25) is 0 Å². The maximum Gasteiger partial charge on any atom is -0.0177 e. The van der Waals surface area contributed by atoms with Crippen LogP contribution in [0.4, 0.5) is 0 Å². The van der Waals surface area contributed by atoms with Gasteiger partial charge >= 0.3 is 0 Å². The third-order valence-electron chi connectivity index (χ3n) is 2.76. The number of hydrogen-bond acceptors (Lipinski definition) is 0. The molecule has 0 spiro atoms. The van der Waals surface area contributed by atoms with E-state index in [-0.39, 0.29) is 0 Å². The Morgan fingerprint density at radius 2 is 2.27 bits per heavy atom. The van der Waals surface area contributed by atoms with Gasteiger partial charge in [0.1, 0.15) is 0 Å². The molecule has 0 aromatic rings. The Kier molecular flexibility index (Phi) is 2.92. The van der Waals surface area contributed by atoms with Crippen LogP contribution in [0.3, 0.4) is 0 Å². The fourth-order valence-corrected chi connectivity index (χ4v) is 2.18. The van der Waals surface area contributed by atoms with Crippen LogP contribution in [0.1, 0.15) is 32.6 Å². The maximum atomic E-state index is 4.04. The first kappa shape index (κ1) is 8.58. The van der Waals surface area contributed by atoms with Crippen molar-refractivity contribution in [2.24, 2.45) is 11.8 Å². The minimum absolute atomic E-state index is 0.785. The summed E-state index contributed by atoms with van der Waals surface area (Å²) in [6, 6.07) is 0.